The van der Waals surface area contributed by atoms with Gasteiger partial charge < -0.3 is 0 Å². The van der Waals surface area contributed by atoms with E-state index in [-0.39, 0.29) is 0 Å². The predicted octanol–water partition coefficient (Wildman–Crippen LogP) is -1.50. The van der Waals surface area contributed by atoms with Crippen molar-refractivity contribution in [2.75, 3.05) is 6.26 Å². The van der Waals surface area contributed by atoms with Gasteiger partial charge in [0.05, 0.1) is 17.0 Å². The largest absolute Gasteiger partial charge is 0.338 e. The zero-order chi connectivity index (χ0) is 13.1. The molecule has 90 valence electrons. The minimum atomic E-state index is -3.67. The molecule has 1 aromatic rings. The van der Waals surface area contributed by atoms with Gasteiger partial charge >= 0.3 is 11.8 Å². The number of hydrogen-bond acceptors (Lipinski definition) is 4. The second-order valence-corrected chi connectivity index (χ2v) is 4.52. The minimum absolute atomic E-state index is 0.460. The first kappa shape index (κ1) is 13.1. The molecular weight excluding hydrogens is 248 g/mol. The molecular formula is C9H8N2O5S. The summed E-state index contributed by atoms with van der Waals surface area (Å²) in [6.45, 7) is 0. The number of para-hydroxylation sites is 2. The molecule has 0 saturated heterocycles. The SMILES string of the molecule is CS(=O)(=O)O.O=C1N=c2ccccc2=NC1=O. The lowest BCUT2D eigenvalue weighted by Gasteiger charge is -1.94. The van der Waals surface area contributed by atoms with Crippen molar-refractivity contribution in [3.8, 4) is 0 Å². The predicted molar refractivity (Wildman–Crippen MR) is 56.2 cm³/mol. The Bertz CT molecular complexity index is 625. The summed E-state index contributed by atoms with van der Waals surface area (Å²) in [6, 6.07) is 6.76. The van der Waals surface area contributed by atoms with Gasteiger partial charge in [0.25, 0.3) is 10.1 Å². The molecule has 0 atom stereocenters. The smallest absolute Gasteiger partial charge is 0.286 e. The number of carbonyl (C=O) groups is 2. The van der Waals surface area contributed by atoms with Crippen molar-refractivity contribution < 1.29 is 22.6 Å². The molecule has 1 N–H and O–H groups in total. The van der Waals surface area contributed by atoms with Gasteiger partial charge in [0.15, 0.2) is 0 Å². The van der Waals surface area contributed by atoms with Crippen molar-refractivity contribution in [3.63, 3.8) is 0 Å². The van der Waals surface area contributed by atoms with Crippen molar-refractivity contribution in [2.24, 2.45) is 9.98 Å². The summed E-state index contributed by atoms with van der Waals surface area (Å²) in [6.07, 6.45) is 0.715. The molecule has 1 aliphatic rings. The van der Waals surface area contributed by atoms with Crippen LogP contribution < -0.4 is 10.7 Å². The molecule has 0 aromatic heterocycles. The summed E-state index contributed by atoms with van der Waals surface area (Å²) < 4.78 is 25.9. The van der Waals surface area contributed by atoms with Gasteiger partial charge in [-0.1, -0.05) is 12.1 Å². The number of amides is 2. The van der Waals surface area contributed by atoms with Crippen LogP contribution in [0.4, 0.5) is 0 Å². The van der Waals surface area contributed by atoms with Crippen LogP contribution in [0.25, 0.3) is 0 Å². The van der Waals surface area contributed by atoms with Crippen LogP contribution in [0.5, 0.6) is 0 Å². The highest BCUT2D eigenvalue weighted by Gasteiger charge is 2.13. The molecule has 1 aromatic carbocycles. The zero-order valence-electron chi connectivity index (χ0n) is 8.69. The fourth-order valence-corrected chi connectivity index (χ4v) is 0.968. The number of hydrogen-bond donors (Lipinski definition) is 1. The van der Waals surface area contributed by atoms with Crippen molar-refractivity contribution in [1.82, 2.24) is 0 Å². The molecule has 0 saturated carbocycles. The van der Waals surface area contributed by atoms with Crippen LogP contribution in [0.1, 0.15) is 0 Å². The van der Waals surface area contributed by atoms with Crippen LogP contribution in [0.3, 0.4) is 0 Å². The van der Waals surface area contributed by atoms with Crippen molar-refractivity contribution in [2.45, 2.75) is 0 Å². The standard InChI is InChI=1S/C8H4N2O2.CH4O3S/c11-7-8(12)10-6-4-2-1-3-5(6)9-7;1-5(2,3)4/h1-4H;1H3,(H,2,3,4). The summed E-state index contributed by atoms with van der Waals surface area (Å²) in [5.41, 5.74) is 0. The number of fused-ring (bicyclic) bond motifs is 1. The number of benzene rings is 1. The van der Waals surface area contributed by atoms with E-state index in [9.17, 15) is 18.0 Å². The summed E-state index contributed by atoms with van der Waals surface area (Å²) in [5, 5.41) is 0.921. The van der Waals surface area contributed by atoms with E-state index < -0.39 is 21.9 Å². The molecule has 0 radical (unpaired) electrons. The average Bonchev–Trinajstić information content (AvgIpc) is 2.17. The molecule has 7 nitrogen and oxygen atoms in total. The molecule has 0 unspecified atom stereocenters. The fourth-order valence-electron chi connectivity index (χ4n) is 0.968. The molecule has 1 heterocycles. The third-order valence-corrected chi connectivity index (χ3v) is 1.51. The zero-order valence-corrected chi connectivity index (χ0v) is 9.51. The van der Waals surface area contributed by atoms with Crippen LogP contribution in [-0.4, -0.2) is 31.0 Å². The quantitative estimate of drug-likeness (QED) is 0.448. The van der Waals surface area contributed by atoms with E-state index in [2.05, 4.69) is 9.98 Å². The summed E-state index contributed by atoms with van der Waals surface area (Å²) >= 11 is 0. The highest BCUT2D eigenvalue weighted by Crippen LogP contribution is 1.83. The lowest BCUT2D eigenvalue weighted by Crippen LogP contribution is -2.33. The van der Waals surface area contributed by atoms with Crippen LogP contribution in [0, 0.1) is 0 Å². The highest BCUT2D eigenvalue weighted by atomic mass is 32.2. The van der Waals surface area contributed by atoms with E-state index in [0.717, 1.165) is 0 Å². The fraction of sp³-hybridized carbons (Fsp3) is 0.111. The third kappa shape index (κ3) is 4.62. The van der Waals surface area contributed by atoms with Crippen LogP contribution in [0.15, 0.2) is 34.3 Å². The number of nitrogens with zero attached hydrogens (tertiary/aromatic N) is 2. The lowest BCUT2D eigenvalue weighted by atomic mass is 10.3. The maximum atomic E-state index is 10.7. The first-order valence-electron chi connectivity index (χ1n) is 4.30. The van der Waals surface area contributed by atoms with Gasteiger partial charge in [-0.25, -0.2) is 9.98 Å². The number of carbonyl (C=O) groups excluding carboxylic acids is 2. The Kier molecular flexibility index (Phi) is 3.81. The molecule has 2 rings (SSSR count). The van der Waals surface area contributed by atoms with E-state index in [4.69, 9.17) is 4.55 Å². The normalized spacial score (nSPS) is 13.8. The van der Waals surface area contributed by atoms with Gasteiger partial charge in [0, 0.05) is 0 Å². The van der Waals surface area contributed by atoms with Gasteiger partial charge in [-0.15, -0.1) is 0 Å². The van der Waals surface area contributed by atoms with Gasteiger partial charge in [-0.3, -0.25) is 14.1 Å². The number of rotatable bonds is 0. The van der Waals surface area contributed by atoms with Gasteiger partial charge in [-0.2, -0.15) is 8.42 Å². The van der Waals surface area contributed by atoms with E-state index in [1.54, 1.807) is 24.3 Å². The Morgan fingerprint density at radius 1 is 1.00 bits per heavy atom. The Labute approximate surface area is 96.3 Å². The first-order chi connectivity index (χ1) is 7.77. The maximum Gasteiger partial charge on any atom is 0.338 e. The Hall–Kier alpha value is -1.93. The molecule has 1 aliphatic heterocycles. The van der Waals surface area contributed by atoms with Gasteiger partial charge in [-0.05, 0) is 12.1 Å². The minimum Gasteiger partial charge on any atom is -0.286 e. The summed E-state index contributed by atoms with van der Waals surface area (Å²) in [7, 11) is -3.67. The highest BCUT2D eigenvalue weighted by molar-refractivity contribution is 7.85. The Morgan fingerprint density at radius 2 is 1.29 bits per heavy atom. The Balaban J connectivity index is 0.000000249. The molecule has 0 spiro atoms. The molecule has 0 fully saturated rings. The van der Waals surface area contributed by atoms with E-state index in [1.807, 2.05) is 0 Å². The molecule has 0 aliphatic carbocycles. The molecule has 8 heteroatoms. The van der Waals surface area contributed by atoms with Gasteiger partial charge in [0.1, 0.15) is 0 Å². The van der Waals surface area contributed by atoms with E-state index in [1.165, 1.54) is 0 Å². The van der Waals surface area contributed by atoms with E-state index in [0.29, 0.717) is 17.0 Å². The van der Waals surface area contributed by atoms with Crippen LogP contribution in [0.2, 0.25) is 0 Å². The monoisotopic (exact) mass is 256 g/mol. The molecule has 2 amide bonds. The van der Waals surface area contributed by atoms with Crippen LogP contribution in [-0.2, 0) is 19.7 Å². The van der Waals surface area contributed by atoms with E-state index >= 15 is 0 Å². The first-order valence-corrected chi connectivity index (χ1v) is 6.15. The van der Waals surface area contributed by atoms with Crippen molar-refractivity contribution in [1.29, 1.82) is 0 Å². The second-order valence-electron chi connectivity index (χ2n) is 3.06. The Morgan fingerprint density at radius 3 is 1.59 bits per heavy atom. The summed E-state index contributed by atoms with van der Waals surface area (Å²) in [4.78, 5) is 28.6. The summed E-state index contributed by atoms with van der Waals surface area (Å²) in [5.74, 6) is -1.59. The van der Waals surface area contributed by atoms with Crippen molar-refractivity contribution in [3.05, 3.63) is 35.0 Å². The molecule has 17 heavy (non-hydrogen) atoms. The molecule has 0 bridgehead atoms. The lowest BCUT2D eigenvalue weighted by molar-refractivity contribution is -0.135. The maximum absolute atomic E-state index is 10.7. The van der Waals surface area contributed by atoms with Crippen molar-refractivity contribution >= 4 is 21.9 Å². The van der Waals surface area contributed by atoms with Gasteiger partial charge in [0.2, 0.25) is 0 Å². The average molecular weight is 256 g/mol. The van der Waals surface area contributed by atoms with Crippen LogP contribution >= 0.6 is 0 Å². The second kappa shape index (κ2) is 4.93. The topological polar surface area (TPSA) is 113 Å². The third-order valence-electron chi connectivity index (χ3n) is 1.51.